The van der Waals surface area contributed by atoms with Gasteiger partial charge in [-0.25, -0.2) is 9.37 Å². The van der Waals surface area contributed by atoms with Gasteiger partial charge in [-0.1, -0.05) is 35.2 Å². The SMILES string of the molecule is CC(=O)SCCC#Cc1ccnc(Cl)c1F. The smallest absolute Gasteiger partial charge is 0.185 e. The van der Waals surface area contributed by atoms with Crippen molar-refractivity contribution in [1.29, 1.82) is 0 Å². The van der Waals surface area contributed by atoms with E-state index in [1.807, 2.05) is 0 Å². The highest BCUT2D eigenvalue weighted by Crippen LogP contribution is 2.13. The molecule has 0 amide bonds. The first-order valence-corrected chi connectivity index (χ1v) is 5.90. The minimum absolute atomic E-state index is 0.0555. The average molecular weight is 258 g/mol. The van der Waals surface area contributed by atoms with Crippen LogP contribution in [0.1, 0.15) is 18.9 Å². The van der Waals surface area contributed by atoms with Crippen LogP contribution >= 0.6 is 23.4 Å². The van der Waals surface area contributed by atoms with Crippen molar-refractivity contribution in [1.82, 2.24) is 4.98 Å². The van der Waals surface area contributed by atoms with Gasteiger partial charge in [-0.15, -0.1) is 0 Å². The molecule has 0 aromatic carbocycles. The van der Waals surface area contributed by atoms with Crippen LogP contribution in [-0.4, -0.2) is 15.9 Å². The third kappa shape index (κ3) is 4.21. The Bertz CT molecular complexity index is 453. The Labute approximate surface area is 103 Å². The molecule has 0 fully saturated rings. The number of pyridine rings is 1. The van der Waals surface area contributed by atoms with Gasteiger partial charge in [0.15, 0.2) is 16.1 Å². The summed E-state index contributed by atoms with van der Waals surface area (Å²) in [5, 5.41) is -0.121. The fourth-order valence-electron chi connectivity index (χ4n) is 0.918. The average Bonchev–Trinajstić information content (AvgIpc) is 2.23. The molecule has 0 aliphatic heterocycles. The number of aromatic nitrogens is 1. The Balaban J connectivity index is 2.56. The number of thioether (sulfide) groups is 1. The van der Waals surface area contributed by atoms with Crippen LogP contribution in [0.25, 0.3) is 0 Å². The van der Waals surface area contributed by atoms with Gasteiger partial charge in [-0.2, -0.15) is 0 Å². The van der Waals surface area contributed by atoms with Crippen molar-refractivity contribution >= 4 is 28.5 Å². The van der Waals surface area contributed by atoms with Crippen LogP contribution in [0.3, 0.4) is 0 Å². The van der Waals surface area contributed by atoms with Crippen molar-refractivity contribution in [2.45, 2.75) is 13.3 Å². The minimum Gasteiger partial charge on any atom is -0.288 e. The molecule has 0 saturated heterocycles. The third-order valence-corrected chi connectivity index (χ3v) is 2.68. The standard InChI is InChI=1S/C11H9ClFNOS/c1-8(15)16-7-3-2-4-9-5-6-14-11(12)10(9)13/h5-6H,3,7H2,1H3. The van der Waals surface area contributed by atoms with Gasteiger partial charge >= 0.3 is 0 Å². The monoisotopic (exact) mass is 257 g/mol. The van der Waals surface area contributed by atoms with Gasteiger partial charge < -0.3 is 0 Å². The molecule has 2 nitrogen and oxygen atoms in total. The summed E-state index contributed by atoms with van der Waals surface area (Å²) in [6.07, 6.45) is 1.93. The number of carbonyl (C=O) groups is 1. The summed E-state index contributed by atoms with van der Waals surface area (Å²) in [6, 6.07) is 1.46. The van der Waals surface area contributed by atoms with Crippen LogP contribution in [0.4, 0.5) is 4.39 Å². The van der Waals surface area contributed by atoms with Crippen molar-refractivity contribution in [3.05, 3.63) is 28.8 Å². The van der Waals surface area contributed by atoms with E-state index in [9.17, 15) is 9.18 Å². The molecule has 0 aliphatic carbocycles. The minimum atomic E-state index is -0.601. The summed E-state index contributed by atoms with van der Waals surface area (Å²) < 4.78 is 13.3. The molecule has 0 saturated carbocycles. The molecule has 0 radical (unpaired) electrons. The van der Waals surface area contributed by atoms with Gasteiger partial charge in [0.25, 0.3) is 0 Å². The highest BCUT2D eigenvalue weighted by atomic mass is 35.5. The highest BCUT2D eigenvalue weighted by Gasteiger charge is 2.03. The van der Waals surface area contributed by atoms with E-state index in [1.54, 1.807) is 0 Å². The van der Waals surface area contributed by atoms with Gasteiger partial charge in [-0.3, -0.25) is 4.79 Å². The van der Waals surface area contributed by atoms with Crippen LogP contribution in [0, 0.1) is 17.7 Å². The molecule has 1 rings (SSSR count). The van der Waals surface area contributed by atoms with Crippen LogP contribution in [0.15, 0.2) is 12.3 Å². The molecule has 0 unspecified atom stereocenters. The van der Waals surface area contributed by atoms with Crippen molar-refractivity contribution in [3.8, 4) is 11.8 Å². The molecule has 0 aliphatic rings. The Morgan fingerprint density at radius 3 is 3.12 bits per heavy atom. The molecule has 0 N–H and O–H groups in total. The first-order chi connectivity index (χ1) is 7.61. The number of carbonyl (C=O) groups excluding carboxylic acids is 1. The molecule has 1 aromatic heterocycles. The lowest BCUT2D eigenvalue weighted by molar-refractivity contribution is -0.109. The zero-order chi connectivity index (χ0) is 12.0. The maximum atomic E-state index is 13.3. The van der Waals surface area contributed by atoms with E-state index in [2.05, 4.69) is 16.8 Å². The molecular weight excluding hydrogens is 249 g/mol. The second-order valence-corrected chi connectivity index (χ2v) is 4.48. The third-order valence-electron chi connectivity index (χ3n) is 1.60. The zero-order valence-corrected chi connectivity index (χ0v) is 10.2. The topological polar surface area (TPSA) is 30.0 Å². The number of hydrogen-bond acceptors (Lipinski definition) is 3. The van der Waals surface area contributed by atoms with Crippen LogP contribution in [0.5, 0.6) is 0 Å². The lowest BCUT2D eigenvalue weighted by atomic mass is 10.2. The molecule has 0 spiro atoms. The van der Waals surface area contributed by atoms with E-state index < -0.39 is 5.82 Å². The number of rotatable bonds is 2. The summed E-state index contributed by atoms with van der Waals surface area (Å²) >= 11 is 6.69. The summed E-state index contributed by atoms with van der Waals surface area (Å²) in [4.78, 5) is 14.2. The molecule has 1 heterocycles. The molecule has 0 atom stereocenters. The molecule has 84 valence electrons. The van der Waals surface area contributed by atoms with Crippen molar-refractivity contribution in [3.63, 3.8) is 0 Å². The van der Waals surface area contributed by atoms with Gasteiger partial charge in [0.2, 0.25) is 0 Å². The number of halogens is 2. The van der Waals surface area contributed by atoms with Gasteiger partial charge in [-0.05, 0) is 6.07 Å². The van der Waals surface area contributed by atoms with Crippen LogP contribution in [0.2, 0.25) is 5.15 Å². The highest BCUT2D eigenvalue weighted by molar-refractivity contribution is 8.13. The van der Waals surface area contributed by atoms with E-state index >= 15 is 0 Å². The van der Waals surface area contributed by atoms with E-state index in [-0.39, 0.29) is 15.8 Å². The molecule has 16 heavy (non-hydrogen) atoms. The number of hydrogen-bond donors (Lipinski definition) is 0. The van der Waals surface area contributed by atoms with Gasteiger partial charge in [0, 0.05) is 25.3 Å². The van der Waals surface area contributed by atoms with Gasteiger partial charge in [0.1, 0.15) is 0 Å². The summed E-state index contributed by atoms with van der Waals surface area (Å²) in [6.45, 7) is 1.50. The summed E-state index contributed by atoms with van der Waals surface area (Å²) in [5.74, 6) is 5.44. The Kier molecular flexibility index (Phi) is 5.30. The number of nitrogens with zero attached hydrogens (tertiary/aromatic N) is 1. The van der Waals surface area contributed by atoms with Crippen LogP contribution in [-0.2, 0) is 4.79 Å². The maximum absolute atomic E-state index is 13.3. The van der Waals surface area contributed by atoms with Crippen molar-refractivity contribution < 1.29 is 9.18 Å². The first kappa shape index (κ1) is 13.0. The van der Waals surface area contributed by atoms with Crippen molar-refractivity contribution in [2.24, 2.45) is 0 Å². The normalized spacial score (nSPS) is 9.44. The van der Waals surface area contributed by atoms with E-state index in [4.69, 9.17) is 11.6 Å². The quantitative estimate of drug-likeness (QED) is 0.464. The Hall–Kier alpha value is -1.05. The fourth-order valence-corrected chi connectivity index (χ4v) is 1.57. The summed E-state index contributed by atoms with van der Waals surface area (Å²) in [7, 11) is 0. The molecule has 1 aromatic rings. The largest absolute Gasteiger partial charge is 0.288 e. The lowest BCUT2D eigenvalue weighted by Gasteiger charge is -1.94. The second-order valence-electron chi connectivity index (χ2n) is 2.86. The van der Waals surface area contributed by atoms with Gasteiger partial charge in [0.05, 0.1) is 5.56 Å². The molecular formula is C11H9ClFNOS. The lowest BCUT2D eigenvalue weighted by Crippen LogP contribution is -1.88. The fraction of sp³-hybridized carbons (Fsp3) is 0.273. The zero-order valence-electron chi connectivity index (χ0n) is 8.59. The molecule has 5 heteroatoms. The predicted molar refractivity (Wildman–Crippen MR) is 63.8 cm³/mol. The predicted octanol–water partition coefficient (Wildman–Crippen LogP) is 2.90. The Morgan fingerprint density at radius 2 is 2.44 bits per heavy atom. The van der Waals surface area contributed by atoms with Crippen LogP contribution < -0.4 is 0 Å². The second kappa shape index (κ2) is 6.51. The Morgan fingerprint density at radius 1 is 1.69 bits per heavy atom. The van der Waals surface area contributed by atoms with Crippen molar-refractivity contribution in [2.75, 3.05) is 5.75 Å². The van der Waals surface area contributed by atoms with E-state index in [0.29, 0.717) is 12.2 Å². The maximum Gasteiger partial charge on any atom is 0.185 e. The molecule has 0 bridgehead atoms. The summed E-state index contributed by atoms with van der Waals surface area (Å²) in [5.41, 5.74) is 0.229. The first-order valence-electron chi connectivity index (χ1n) is 4.53. The van der Waals surface area contributed by atoms with E-state index in [0.717, 1.165) is 0 Å². The van der Waals surface area contributed by atoms with E-state index in [1.165, 1.54) is 30.9 Å².